The minimum absolute atomic E-state index is 0.139. The number of nitriles is 1. The van der Waals surface area contributed by atoms with Crippen molar-refractivity contribution in [2.75, 3.05) is 7.11 Å². The van der Waals surface area contributed by atoms with Gasteiger partial charge in [-0.3, -0.25) is 0 Å². The highest BCUT2D eigenvalue weighted by Gasteiger charge is 2.51. The van der Waals surface area contributed by atoms with Crippen LogP contribution in [0.4, 0.5) is 0 Å². The Morgan fingerprint density at radius 3 is 2.81 bits per heavy atom. The van der Waals surface area contributed by atoms with Crippen LogP contribution in [0.3, 0.4) is 0 Å². The maximum Gasteiger partial charge on any atom is 0.122 e. The van der Waals surface area contributed by atoms with Crippen molar-refractivity contribution in [3.8, 4) is 11.8 Å². The smallest absolute Gasteiger partial charge is 0.122 e. The maximum absolute atomic E-state index is 9.05. The first-order chi connectivity index (χ1) is 7.64. The van der Waals surface area contributed by atoms with E-state index in [1.165, 1.54) is 11.1 Å². The molecule has 2 nitrogen and oxygen atoms in total. The Morgan fingerprint density at radius 1 is 1.56 bits per heavy atom. The summed E-state index contributed by atoms with van der Waals surface area (Å²) in [6.45, 7) is 4.16. The highest BCUT2D eigenvalue weighted by molar-refractivity contribution is 5.42. The van der Waals surface area contributed by atoms with Gasteiger partial charge in [-0.15, -0.1) is 0 Å². The summed E-state index contributed by atoms with van der Waals surface area (Å²) in [6, 6.07) is 8.69. The summed E-state index contributed by atoms with van der Waals surface area (Å²) in [4.78, 5) is 0. The lowest BCUT2D eigenvalue weighted by atomic mass is 9.99. The molecule has 0 aliphatic heterocycles. The van der Waals surface area contributed by atoms with Crippen molar-refractivity contribution < 1.29 is 4.74 Å². The summed E-state index contributed by atoms with van der Waals surface area (Å²) in [5.74, 6) is 1.36. The lowest BCUT2D eigenvalue weighted by molar-refractivity contribution is 0.410. The molecule has 1 fully saturated rings. The van der Waals surface area contributed by atoms with Crippen molar-refractivity contribution in [3.63, 3.8) is 0 Å². The van der Waals surface area contributed by atoms with E-state index in [0.717, 1.165) is 18.6 Å². The van der Waals surface area contributed by atoms with Gasteiger partial charge in [-0.25, -0.2) is 0 Å². The van der Waals surface area contributed by atoms with Gasteiger partial charge in [0.05, 0.1) is 18.6 Å². The molecule has 0 heterocycles. The minimum Gasteiger partial charge on any atom is -0.496 e. The zero-order valence-corrected chi connectivity index (χ0v) is 10.1. The molecule has 2 rings (SSSR count). The van der Waals surface area contributed by atoms with E-state index in [9.17, 15) is 0 Å². The van der Waals surface area contributed by atoms with Crippen LogP contribution >= 0.6 is 0 Å². The lowest BCUT2D eigenvalue weighted by Crippen LogP contribution is -1.96. The van der Waals surface area contributed by atoms with Crippen LogP contribution in [0.15, 0.2) is 18.2 Å². The Balaban J connectivity index is 2.29. The van der Waals surface area contributed by atoms with Crippen LogP contribution in [0.1, 0.15) is 37.3 Å². The molecule has 0 saturated heterocycles. The first kappa shape index (κ1) is 11.0. The summed E-state index contributed by atoms with van der Waals surface area (Å²) < 4.78 is 5.30. The quantitative estimate of drug-likeness (QED) is 0.775. The molecule has 0 spiro atoms. The normalized spacial score (nSPS) is 27.2. The first-order valence-corrected chi connectivity index (χ1v) is 5.72. The molecule has 1 aromatic rings. The van der Waals surface area contributed by atoms with Gasteiger partial charge in [0.2, 0.25) is 0 Å². The van der Waals surface area contributed by atoms with E-state index in [-0.39, 0.29) is 5.41 Å². The van der Waals surface area contributed by atoms with Gasteiger partial charge in [0.1, 0.15) is 5.75 Å². The van der Waals surface area contributed by atoms with E-state index in [0.29, 0.717) is 5.92 Å². The van der Waals surface area contributed by atoms with Gasteiger partial charge in [-0.2, -0.15) is 5.26 Å². The summed E-state index contributed by atoms with van der Waals surface area (Å²) in [7, 11) is 1.70. The fraction of sp³-hybridized carbons (Fsp3) is 0.500. The first-order valence-electron chi connectivity index (χ1n) is 5.72. The number of hydrogen-bond donors (Lipinski definition) is 0. The molecule has 16 heavy (non-hydrogen) atoms. The zero-order valence-electron chi connectivity index (χ0n) is 10.1. The third kappa shape index (κ3) is 1.67. The Labute approximate surface area is 96.9 Å². The molecule has 1 saturated carbocycles. The van der Waals surface area contributed by atoms with E-state index in [1.807, 2.05) is 13.0 Å². The van der Waals surface area contributed by atoms with E-state index in [1.54, 1.807) is 7.11 Å². The van der Waals surface area contributed by atoms with E-state index < -0.39 is 0 Å². The highest BCUT2D eigenvalue weighted by atomic mass is 16.5. The molecule has 1 aromatic carbocycles. The molecule has 84 valence electrons. The Morgan fingerprint density at radius 2 is 2.31 bits per heavy atom. The molecule has 1 aliphatic carbocycles. The highest BCUT2D eigenvalue weighted by Crippen LogP contribution is 2.58. The number of benzene rings is 1. The van der Waals surface area contributed by atoms with Gasteiger partial charge in [0.15, 0.2) is 0 Å². The van der Waals surface area contributed by atoms with Crippen molar-refractivity contribution >= 4 is 0 Å². The molecule has 0 radical (unpaired) electrons. The Bertz CT molecular complexity index is 447. The molecular weight excluding hydrogens is 198 g/mol. The SMILES string of the molecule is CCc1cc(C2CC2(C)C#N)ccc1OC. The van der Waals surface area contributed by atoms with E-state index in [2.05, 4.69) is 25.1 Å². The van der Waals surface area contributed by atoms with Crippen LogP contribution in [-0.4, -0.2) is 7.11 Å². The summed E-state index contributed by atoms with van der Waals surface area (Å²) in [6.07, 6.45) is 1.95. The van der Waals surface area contributed by atoms with Crippen molar-refractivity contribution in [2.24, 2.45) is 5.41 Å². The van der Waals surface area contributed by atoms with Gasteiger partial charge in [-0.05, 0) is 37.0 Å². The number of nitrogens with zero attached hydrogens (tertiary/aromatic N) is 1. The average Bonchev–Trinajstić information content (AvgIpc) is 3.01. The van der Waals surface area contributed by atoms with Gasteiger partial charge >= 0.3 is 0 Å². The van der Waals surface area contributed by atoms with E-state index >= 15 is 0 Å². The molecule has 2 unspecified atom stereocenters. The predicted molar refractivity (Wildman–Crippen MR) is 63.5 cm³/mol. The maximum atomic E-state index is 9.05. The second-order valence-corrected chi connectivity index (χ2v) is 4.71. The minimum atomic E-state index is -0.139. The average molecular weight is 215 g/mol. The third-order valence-electron chi connectivity index (χ3n) is 3.58. The van der Waals surface area contributed by atoms with Gasteiger partial charge in [-0.1, -0.05) is 19.1 Å². The molecule has 2 atom stereocenters. The summed E-state index contributed by atoms with van der Waals surface area (Å²) in [5, 5.41) is 9.05. The van der Waals surface area contributed by atoms with Crippen LogP contribution in [0.5, 0.6) is 5.75 Å². The standard InChI is InChI=1S/C14H17NO/c1-4-10-7-11(5-6-13(10)16-3)12-8-14(12,2)9-15/h5-7,12H,4,8H2,1-3H3. The topological polar surface area (TPSA) is 33.0 Å². The Hall–Kier alpha value is -1.49. The van der Waals surface area contributed by atoms with Crippen LogP contribution < -0.4 is 4.74 Å². The van der Waals surface area contributed by atoms with Crippen LogP contribution in [0.25, 0.3) is 0 Å². The number of hydrogen-bond acceptors (Lipinski definition) is 2. The van der Waals surface area contributed by atoms with E-state index in [4.69, 9.17) is 10.00 Å². The molecule has 1 aliphatic rings. The monoisotopic (exact) mass is 215 g/mol. The third-order valence-corrected chi connectivity index (χ3v) is 3.58. The number of aryl methyl sites for hydroxylation is 1. The van der Waals surface area contributed by atoms with Crippen molar-refractivity contribution in [2.45, 2.75) is 32.6 Å². The van der Waals surface area contributed by atoms with Crippen LogP contribution in [0, 0.1) is 16.7 Å². The molecule has 0 amide bonds. The molecule has 0 N–H and O–H groups in total. The second-order valence-electron chi connectivity index (χ2n) is 4.71. The van der Waals surface area contributed by atoms with Crippen molar-refractivity contribution in [1.82, 2.24) is 0 Å². The fourth-order valence-corrected chi connectivity index (χ4v) is 2.27. The zero-order chi connectivity index (χ0) is 11.8. The van der Waals surface area contributed by atoms with Gasteiger partial charge < -0.3 is 4.74 Å². The molecule has 0 bridgehead atoms. The van der Waals surface area contributed by atoms with Crippen LogP contribution in [-0.2, 0) is 6.42 Å². The summed E-state index contributed by atoms with van der Waals surface area (Å²) >= 11 is 0. The number of ether oxygens (including phenoxy) is 1. The summed E-state index contributed by atoms with van der Waals surface area (Å²) in [5.41, 5.74) is 2.37. The fourth-order valence-electron chi connectivity index (χ4n) is 2.27. The lowest BCUT2D eigenvalue weighted by Gasteiger charge is -2.09. The molecule has 0 aromatic heterocycles. The van der Waals surface area contributed by atoms with Crippen molar-refractivity contribution in [3.05, 3.63) is 29.3 Å². The van der Waals surface area contributed by atoms with Gasteiger partial charge in [0.25, 0.3) is 0 Å². The Kier molecular flexibility index (Phi) is 2.63. The number of rotatable bonds is 3. The number of methoxy groups -OCH3 is 1. The second kappa shape index (κ2) is 3.83. The predicted octanol–water partition coefficient (Wildman–Crippen LogP) is 3.27. The van der Waals surface area contributed by atoms with Crippen LogP contribution in [0.2, 0.25) is 0 Å². The largest absolute Gasteiger partial charge is 0.496 e. The van der Waals surface area contributed by atoms with Crippen molar-refractivity contribution in [1.29, 1.82) is 5.26 Å². The molecular formula is C14H17NO. The molecule has 2 heteroatoms. The van der Waals surface area contributed by atoms with Gasteiger partial charge in [0, 0.05) is 5.92 Å².